The van der Waals surface area contributed by atoms with Crippen LogP contribution in [0.4, 0.5) is 0 Å². The second kappa shape index (κ2) is 3.84. The zero-order chi connectivity index (χ0) is 12.3. The molecule has 18 heavy (non-hydrogen) atoms. The number of fused-ring (bicyclic) bond motifs is 5. The van der Waals surface area contributed by atoms with Gasteiger partial charge in [-0.2, -0.15) is 0 Å². The Balaban J connectivity index is 2.26. The van der Waals surface area contributed by atoms with E-state index >= 15 is 0 Å². The zero-order valence-corrected chi connectivity index (χ0v) is 12.2. The van der Waals surface area contributed by atoms with Gasteiger partial charge in [-0.1, -0.05) is 23.2 Å². The van der Waals surface area contributed by atoms with Crippen molar-refractivity contribution in [1.29, 1.82) is 0 Å². The topological polar surface area (TPSA) is 0 Å². The lowest BCUT2D eigenvalue weighted by Gasteiger charge is -1.91. The first-order valence-corrected chi connectivity index (χ1v) is 7.81. The fraction of sp³-hybridized carbons (Fsp3) is 0. The number of hydrogen-bond donors (Lipinski definition) is 0. The molecule has 0 nitrogen and oxygen atoms in total. The molecule has 0 amide bonds. The van der Waals surface area contributed by atoms with E-state index in [2.05, 4.69) is 12.1 Å². The summed E-state index contributed by atoms with van der Waals surface area (Å²) in [6.45, 7) is 0. The van der Waals surface area contributed by atoms with Crippen molar-refractivity contribution in [3.8, 4) is 0 Å². The third-order valence-corrected chi connectivity index (χ3v) is 6.01. The van der Waals surface area contributed by atoms with Crippen LogP contribution >= 0.6 is 45.9 Å². The maximum absolute atomic E-state index is 6.09. The molecule has 4 aromatic rings. The first-order chi connectivity index (χ1) is 8.72. The summed E-state index contributed by atoms with van der Waals surface area (Å²) < 4.78 is 5.19. The van der Waals surface area contributed by atoms with Crippen LogP contribution in [0.3, 0.4) is 0 Å². The summed E-state index contributed by atoms with van der Waals surface area (Å²) in [5.41, 5.74) is 0. The van der Waals surface area contributed by atoms with E-state index in [0.29, 0.717) is 0 Å². The molecule has 0 radical (unpaired) electrons. The fourth-order valence-corrected chi connectivity index (χ4v) is 5.14. The molecule has 4 rings (SSSR count). The smallest absolute Gasteiger partial charge is 0.0542 e. The molecule has 0 spiro atoms. The molecule has 2 aromatic heterocycles. The standard InChI is InChI=1S/C14H6Cl2S2/c15-7-1-3-11-9(5-7)13-14(17-11)10-6-8(16)2-4-12(10)18-13/h1-6H. The van der Waals surface area contributed by atoms with Gasteiger partial charge in [0.2, 0.25) is 0 Å². The fourth-order valence-electron chi connectivity index (χ4n) is 2.20. The molecule has 2 aromatic carbocycles. The molecule has 0 N–H and O–H groups in total. The summed E-state index contributed by atoms with van der Waals surface area (Å²) in [5.74, 6) is 0. The minimum absolute atomic E-state index is 0.790. The van der Waals surface area contributed by atoms with Gasteiger partial charge in [0, 0.05) is 30.2 Å². The lowest BCUT2D eigenvalue weighted by molar-refractivity contribution is 1.86. The van der Waals surface area contributed by atoms with Crippen LogP contribution in [-0.4, -0.2) is 0 Å². The summed E-state index contributed by atoms with van der Waals surface area (Å²) in [6.07, 6.45) is 0. The van der Waals surface area contributed by atoms with E-state index in [1.165, 1.54) is 29.6 Å². The Morgan fingerprint density at radius 1 is 0.667 bits per heavy atom. The number of rotatable bonds is 0. The van der Waals surface area contributed by atoms with Crippen LogP contribution in [0.5, 0.6) is 0 Å². The third kappa shape index (κ3) is 1.50. The Labute approximate surface area is 121 Å². The highest BCUT2D eigenvalue weighted by Crippen LogP contribution is 2.45. The van der Waals surface area contributed by atoms with Crippen LogP contribution in [0.15, 0.2) is 36.4 Å². The summed E-state index contributed by atoms with van der Waals surface area (Å²) in [4.78, 5) is 0. The minimum atomic E-state index is 0.790. The molecule has 0 saturated carbocycles. The highest BCUT2D eigenvalue weighted by atomic mass is 35.5. The Bertz CT molecular complexity index is 826. The van der Waals surface area contributed by atoms with Crippen LogP contribution in [0.2, 0.25) is 10.0 Å². The van der Waals surface area contributed by atoms with Gasteiger partial charge >= 0.3 is 0 Å². The first kappa shape index (κ1) is 11.1. The summed E-state index contributed by atoms with van der Waals surface area (Å²) in [6, 6.07) is 12.2. The van der Waals surface area contributed by atoms with Gasteiger partial charge in [0.05, 0.1) is 9.40 Å². The van der Waals surface area contributed by atoms with Gasteiger partial charge in [-0.25, -0.2) is 0 Å². The van der Waals surface area contributed by atoms with E-state index in [0.717, 1.165) is 10.0 Å². The van der Waals surface area contributed by atoms with Crippen LogP contribution in [0, 0.1) is 0 Å². The summed E-state index contributed by atoms with van der Waals surface area (Å²) in [7, 11) is 0. The minimum Gasteiger partial charge on any atom is -0.134 e. The monoisotopic (exact) mass is 308 g/mol. The van der Waals surface area contributed by atoms with Crippen molar-refractivity contribution in [2.75, 3.05) is 0 Å². The predicted octanol–water partition coefficient (Wildman–Crippen LogP) is 6.58. The van der Waals surface area contributed by atoms with E-state index in [4.69, 9.17) is 23.2 Å². The van der Waals surface area contributed by atoms with E-state index in [9.17, 15) is 0 Å². The van der Waals surface area contributed by atoms with Gasteiger partial charge in [0.1, 0.15) is 0 Å². The van der Waals surface area contributed by atoms with Crippen molar-refractivity contribution in [1.82, 2.24) is 0 Å². The van der Waals surface area contributed by atoms with Gasteiger partial charge in [-0.15, -0.1) is 22.7 Å². The number of hydrogen-bond acceptors (Lipinski definition) is 2. The molecule has 0 aliphatic rings. The van der Waals surface area contributed by atoms with Crippen molar-refractivity contribution in [2.45, 2.75) is 0 Å². The van der Waals surface area contributed by atoms with Gasteiger partial charge in [0.15, 0.2) is 0 Å². The average molecular weight is 309 g/mol. The Hall–Kier alpha value is -0.800. The molecule has 0 saturated heterocycles. The normalized spacial score (nSPS) is 11.9. The molecule has 0 fully saturated rings. The number of thiophene rings is 2. The lowest BCUT2D eigenvalue weighted by Crippen LogP contribution is -1.63. The largest absolute Gasteiger partial charge is 0.134 e. The van der Waals surface area contributed by atoms with Gasteiger partial charge < -0.3 is 0 Å². The molecule has 0 bridgehead atoms. The van der Waals surface area contributed by atoms with Crippen molar-refractivity contribution >= 4 is 75.4 Å². The van der Waals surface area contributed by atoms with E-state index < -0.39 is 0 Å². The maximum atomic E-state index is 6.09. The highest BCUT2D eigenvalue weighted by Gasteiger charge is 2.12. The molecule has 0 unspecified atom stereocenters. The van der Waals surface area contributed by atoms with Gasteiger partial charge in [0.25, 0.3) is 0 Å². The predicted molar refractivity (Wildman–Crippen MR) is 84.7 cm³/mol. The van der Waals surface area contributed by atoms with Crippen molar-refractivity contribution in [2.24, 2.45) is 0 Å². The number of halogens is 2. The van der Waals surface area contributed by atoms with Crippen molar-refractivity contribution in [3.63, 3.8) is 0 Å². The molecular weight excluding hydrogens is 303 g/mol. The van der Waals surface area contributed by atoms with E-state index in [1.807, 2.05) is 46.9 Å². The Morgan fingerprint density at radius 3 is 1.56 bits per heavy atom. The first-order valence-electron chi connectivity index (χ1n) is 5.42. The van der Waals surface area contributed by atoms with Crippen LogP contribution in [0.1, 0.15) is 0 Å². The van der Waals surface area contributed by atoms with Crippen molar-refractivity contribution < 1.29 is 0 Å². The van der Waals surface area contributed by atoms with Crippen LogP contribution < -0.4 is 0 Å². The second-order valence-electron chi connectivity index (χ2n) is 4.14. The molecule has 0 aliphatic carbocycles. The van der Waals surface area contributed by atoms with E-state index in [-0.39, 0.29) is 0 Å². The molecule has 4 heteroatoms. The molecule has 0 atom stereocenters. The highest BCUT2D eigenvalue weighted by molar-refractivity contribution is 7.36. The lowest BCUT2D eigenvalue weighted by atomic mass is 10.2. The maximum Gasteiger partial charge on any atom is 0.0542 e. The van der Waals surface area contributed by atoms with Gasteiger partial charge in [-0.3, -0.25) is 0 Å². The SMILES string of the molecule is Clc1ccc2sc3c4cc(Cl)ccc4sc3c2c1. The molecule has 0 aliphatic heterocycles. The third-order valence-electron chi connectivity index (χ3n) is 3.00. The van der Waals surface area contributed by atoms with Crippen molar-refractivity contribution in [3.05, 3.63) is 46.4 Å². The molecule has 2 heterocycles. The van der Waals surface area contributed by atoms with E-state index in [1.54, 1.807) is 0 Å². The van der Waals surface area contributed by atoms with Crippen LogP contribution in [-0.2, 0) is 0 Å². The zero-order valence-electron chi connectivity index (χ0n) is 9.04. The molecule has 88 valence electrons. The summed E-state index contributed by atoms with van der Waals surface area (Å²) >= 11 is 15.8. The summed E-state index contributed by atoms with van der Waals surface area (Å²) in [5, 5.41) is 4.08. The second-order valence-corrected chi connectivity index (χ2v) is 7.12. The number of benzene rings is 2. The van der Waals surface area contributed by atoms with Gasteiger partial charge in [-0.05, 0) is 36.4 Å². The Morgan fingerprint density at radius 2 is 1.11 bits per heavy atom. The van der Waals surface area contributed by atoms with Crippen LogP contribution in [0.25, 0.3) is 29.6 Å². The quantitative estimate of drug-likeness (QED) is 0.344. The Kier molecular flexibility index (Phi) is 2.36. The molecular formula is C14H6Cl2S2. The average Bonchev–Trinajstić information content (AvgIpc) is 2.86.